The van der Waals surface area contributed by atoms with Gasteiger partial charge in [-0.05, 0) is 67.2 Å². The van der Waals surface area contributed by atoms with Crippen molar-refractivity contribution in [1.29, 1.82) is 0 Å². The number of benzene rings is 6. The number of fused-ring (bicyclic) bond motifs is 4. The molecular weight excluding hydrogens is 546 g/mol. The van der Waals surface area contributed by atoms with Crippen LogP contribution in [0.2, 0.25) is 0 Å². The van der Waals surface area contributed by atoms with Crippen LogP contribution < -0.4 is 5.22 Å². The van der Waals surface area contributed by atoms with Crippen molar-refractivity contribution in [2.45, 2.75) is 12.4 Å². The topological polar surface area (TPSA) is 0 Å². The van der Waals surface area contributed by atoms with Crippen molar-refractivity contribution in [3.8, 4) is 23.0 Å². The quantitative estimate of drug-likeness (QED) is 0.138. The van der Waals surface area contributed by atoms with Gasteiger partial charge in [0.1, 0.15) is 0 Å². The number of halogens is 6. The summed E-state index contributed by atoms with van der Waals surface area (Å²) >= 11 is 0. The van der Waals surface area contributed by atoms with E-state index in [9.17, 15) is 26.3 Å². The Labute approximate surface area is 236 Å². The summed E-state index contributed by atoms with van der Waals surface area (Å²) in [6.45, 7) is 0. The molecule has 204 valence electrons. The summed E-state index contributed by atoms with van der Waals surface area (Å²) in [5.74, 6) is 5.72. The Balaban J connectivity index is 1.62. The Morgan fingerprint density at radius 2 is 1.12 bits per heavy atom. The van der Waals surface area contributed by atoms with E-state index >= 15 is 0 Å². The lowest BCUT2D eigenvalue weighted by Crippen LogP contribution is -2.11. The molecule has 6 aromatic rings. The van der Waals surface area contributed by atoms with Gasteiger partial charge in [0.25, 0.3) is 0 Å². The fourth-order valence-electron chi connectivity index (χ4n) is 5.93. The van der Waals surface area contributed by atoms with Gasteiger partial charge in [0, 0.05) is 16.7 Å². The molecule has 0 nitrogen and oxygen atoms in total. The minimum atomic E-state index is -4.96. The lowest BCUT2D eigenvalue weighted by Gasteiger charge is -2.13. The highest BCUT2D eigenvalue weighted by atomic mass is 19.4. The van der Waals surface area contributed by atoms with Crippen molar-refractivity contribution in [3.63, 3.8) is 0 Å². The second-order valence-electron chi connectivity index (χ2n) is 10.2. The van der Waals surface area contributed by atoms with Gasteiger partial charge in [0.2, 0.25) is 0 Å². The maximum Gasteiger partial charge on any atom is 0.416 e. The van der Waals surface area contributed by atoms with Crippen LogP contribution in [-0.2, 0) is 12.4 Å². The van der Waals surface area contributed by atoms with Gasteiger partial charge in [-0.2, -0.15) is 26.3 Å². The molecular formula is C36H18F6. The summed E-state index contributed by atoms with van der Waals surface area (Å²) in [6, 6.07) is 30.9. The van der Waals surface area contributed by atoms with Crippen molar-refractivity contribution in [2.24, 2.45) is 0 Å². The first-order chi connectivity index (χ1) is 20.1. The summed E-state index contributed by atoms with van der Waals surface area (Å²) in [5.41, 5.74) is 2.09. The third-order valence-electron chi connectivity index (χ3n) is 7.64. The zero-order valence-electron chi connectivity index (χ0n) is 21.7. The van der Waals surface area contributed by atoms with E-state index in [0.717, 1.165) is 54.6 Å². The molecule has 1 aliphatic carbocycles. The van der Waals surface area contributed by atoms with Crippen LogP contribution >= 0.6 is 0 Å². The van der Waals surface area contributed by atoms with E-state index in [1.807, 2.05) is 91.0 Å². The maximum atomic E-state index is 13.6. The minimum absolute atomic E-state index is 0.116. The van der Waals surface area contributed by atoms with Crippen LogP contribution in [-0.4, -0.2) is 0 Å². The van der Waals surface area contributed by atoms with E-state index in [-0.39, 0.29) is 11.6 Å². The summed E-state index contributed by atoms with van der Waals surface area (Å²) in [7, 11) is 0. The molecule has 0 aromatic heterocycles. The van der Waals surface area contributed by atoms with Crippen LogP contribution in [0.3, 0.4) is 0 Å². The fraction of sp³-hybridized carbons (Fsp3) is 0.0556. The van der Waals surface area contributed by atoms with Crippen LogP contribution in [0.1, 0.15) is 33.4 Å². The Hall–Kier alpha value is -5.02. The minimum Gasteiger partial charge on any atom is -0.166 e. The molecule has 0 saturated carbocycles. The highest BCUT2D eigenvalue weighted by Crippen LogP contribution is 2.42. The standard InChI is InChI=1S/C36H18F6/c37-35(38,39)24-18-21(19-25(20-24)36(40,41)42)16-17-29-26-14-6-10-22-11-7-15-30(31(22)26)34-32(23-8-2-1-3-9-23)27-12-4-5-13-28(27)33(29)34/h1-15,18-20H. The molecule has 0 bridgehead atoms. The number of alkyl halides is 6. The Morgan fingerprint density at radius 3 is 1.76 bits per heavy atom. The lowest BCUT2D eigenvalue weighted by atomic mass is 9.89. The second kappa shape index (κ2) is 9.25. The van der Waals surface area contributed by atoms with Crippen molar-refractivity contribution in [3.05, 3.63) is 148 Å². The molecule has 0 unspecified atom stereocenters. The lowest BCUT2D eigenvalue weighted by molar-refractivity contribution is -0.143. The second-order valence-corrected chi connectivity index (χ2v) is 10.2. The molecule has 0 N–H and O–H groups in total. The van der Waals surface area contributed by atoms with Crippen LogP contribution in [0.5, 0.6) is 0 Å². The van der Waals surface area contributed by atoms with E-state index < -0.39 is 23.5 Å². The van der Waals surface area contributed by atoms with E-state index in [1.165, 1.54) is 0 Å². The highest BCUT2D eigenvalue weighted by molar-refractivity contribution is 6.18. The highest BCUT2D eigenvalue weighted by Gasteiger charge is 2.37. The zero-order valence-corrected chi connectivity index (χ0v) is 21.7. The van der Waals surface area contributed by atoms with E-state index in [2.05, 4.69) is 11.8 Å². The van der Waals surface area contributed by atoms with Crippen LogP contribution in [0.15, 0.2) is 109 Å². The summed E-state index contributed by atoms with van der Waals surface area (Å²) in [4.78, 5) is 0. The molecule has 0 spiro atoms. The maximum absolute atomic E-state index is 13.6. The van der Waals surface area contributed by atoms with Gasteiger partial charge >= 0.3 is 12.4 Å². The largest absolute Gasteiger partial charge is 0.416 e. The number of rotatable bonds is 1. The van der Waals surface area contributed by atoms with Crippen molar-refractivity contribution >= 4 is 27.1 Å². The predicted octanol–water partition coefficient (Wildman–Crippen LogP) is 9.38. The first-order valence-corrected chi connectivity index (χ1v) is 13.1. The van der Waals surface area contributed by atoms with Gasteiger partial charge in [-0.1, -0.05) is 103 Å². The summed E-state index contributed by atoms with van der Waals surface area (Å²) in [5, 5.41) is 4.61. The molecule has 0 amide bonds. The summed E-state index contributed by atoms with van der Waals surface area (Å²) < 4.78 is 81.4. The first-order valence-electron chi connectivity index (χ1n) is 13.1. The number of hydrogen-bond donors (Lipinski definition) is 0. The van der Waals surface area contributed by atoms with Crippen molar-refractivity contribution in [1.82, 2.24) is 0 Å². The SMILES string of the molecule is FC(F)(F)c1cc(C#Cc2c3c(c4cccc5cccc2c54)=C(c2ccccc2)c2ccccc2-3)cc(C(F)(F)F)c1. The van der Waals surface area contributed by atoms with Gasteiger partial charge in [0.05, 0.1) is 11.1 Å². The Kier molecular flexibility index (Phi) is 5.71. The Bertz CT molecular complexity index is 2120. The molecule has 0 saturated heterocycles. The predicted molar refractivity (Wildman–Crippen MR) is 153 cm³/mol. The van der Waals surface area contributed by atoms with E-state index in [0.29, 0.717) is 17.7 Å². The monoisotopic (exact) mass is 564 g/mol. The van der Waals surface area contributed by atoms with E-state index in [4.69, 9.17) is 0 Å². The third-order valence-corrected chi connectivity index (χ3v) is 7.64. The van der Waals surface area contributed by atoms with Gasteiger partial charge in [0.15, 0.2) is 0 Å². The average molecular weight is 565 g/mol. The molecule has 0 atom stereocenters. The molecule has 0 fully saturated rings. The normalized spacial score (nSPS) is 12.8. The summed E-state index contributed by atoms with van der Waals surface area (Å²) in [6.07, 6.45) is -9.92. The van der Waals surface area contributed by atoms with Crippen LogP contribution in [0.4, 0.5) is 26.3 Å². The molecule has 0 heterocycles. The average Bonchev–Trinajstić information content (AvgIpc) is 3.32. The van der Waals surface area contributed by atoms with Gasteiger partial charge < -0.3 is 0 Å². The van der Waals surface area contributed by atoms with Crippen molar-refractivity contribution < 1.29 is 26.3 Å². The third kappa shape index (κ3) is 4.12. The molecule has 7 rings (SSSR count). The van der Waals surface area contributed by atoms with E-state index in [1.54, 1.807) is 0 Å². The fourth-order valence-corrected chi connectivity index (χ4v) is 5.93. The van der Waals surface area contributed by atoms with Crippen molar-refractivity contribution in [2.75, 3.05) is 0 Å². The first kappa shape index (κ1) is 25.9. The van der Waals surface area contributed by atoms with Gasteiger partial charge in [-0.15, -0.1) is 0 Å². The molecule has 1 aliphatic rings. The molecule has 0 radical (unpaired) electrons. The smallest absolute Gasteiger partial charge is 0.166 e. The zero-order chi connectivity index (χ0) is 29.2. The molecule has 6 heteroatoms. The molecule has 42 heavy (non-hydrogen) atoms. The number of hydrogen-bond acceptors (Lipinski definition) is 0. The van der Waals surface area contributed by atoms with Gasteiger partial charge in [-0.3, -0.25) is 0 Å². The van der Waals surface area contributed by atoms with Crippen LogP contribution in [0.25, 0.3) is 38.2 Å². The molecule has 0 aliphatic heterocycles. The Morgan fingerprint density at radius 1 is 0.524 bits per heavy atom. The molecule has 6 aromatic carbocycles. The van der Waals surface area contributed by atoms with Crippen LogP contribution in [0, 0.1) is 11.8 Å². The van der Waals surface area contributed by atoms with Gasteiger partial charge in [-0.25, -0.2) is 0 Å².